The van der Waals surface area contributed by atoms with Crippen molar-refractivity contribution in [3.8, 4) is 0 Å². The lowest BCUT2D eigenvalue weighted by Gasteiger charge is -2.05. The molecule has 0 saturated carbocycles. The van der Waals surface area contributed by atoms with Gasteiger partial charge in [0, 0.05) is 11.6 Å². The van der Waals surface area contributed by atoms with E-state index in [1.165, 1.54) is 31.2 Å². The Kier molecular flexibility index (Phi) is 6.29. The number of ketones is 1. The van der Waals surface area contributed by atoms with E-state index >= 15 is 0 Å². The minimum absolute atomic E-state index is 0.0400. The van der Waals surface area contributed by atoms with Crippen LogP contribution in [0.25, 0.3) is 0 Å². The number of carbonyl (C=O) groups excluding carboxylic acids is 2. The minimum Gasteiger partial charge on any atom is -0.317 e. The number of nitrogens with one attached hydrogen (secondary N) is 2. The average molecular weight is 452 g/mol. The van der Waals surface area contributed by atoms with Gasteiger partial charge in [0.05, 0.1) is 17.1 Å². The first-order chi connectivity index (χ1) is 14.2. The summed E-state index contributed by atoms with van der Waals surface area (Å²) in [6.45, 7) is 1.14. The van der Waals surface area contributed by atoms with Crippen LogP contribution in [-0.2, 0) is 16.6 Å². The first-order valence-corrected chi connectivity index (χ1v) is 10.6. The second-order valence-electron chi connectivity index (χ2n) is 5.98. The number of aromatic nitrogens is 2. The minimum atomic E-state index is -3.88. The van der Waals surface area contributed by atoms with Gasteiger partial charge in [-0.1, -0.05) is 23.5 Å². The molecule has 0 aliphatic rings. The number of benzene rings is 2. The Hall–Kier alpha value is -3.09. The molecule has 0 aliphatic heterocycles. The fourth-order valence-corrected chi connectivity index (χ4v) is 4.05. The summed E-state index contributed by atoms with van der Waals surface area (Å²) in [6, 6.07) is 8.08. The van der Waals surface area contributed by atoms with Crippen LogP contribution in [0.5, 0.6) is 0 Å². The van der Waals surface area contributed by atoms with E-state index in [1.807, 2.05) is 0 Å². The SMILES string of the molecule is CC(=O)c1ccc(S(=O)(=O)NCc2nnc(C(=O)Nc3ccc(F)cc3F)s2)cc1. The summed E-state index contributed by atoms with van der Waals surface area (Å²) in [5.41, 5.74) is 0.152. The van der Waals surface area contributed by atoms with Crippen LogP contribution < -0.4 is 10.0 Å². The molecular weight excluding hydrogens is 438 g/mol. The molecule has 3 aromatic rings. The molecular formula is C18H14F2N4O4S2. The van der Waals surface area contributed by atoms with Crippen molar-refractivity contribution in [1.82, 2.24) is 14.9 Å². The Balaban J connectivity index is 1.64. The monoisotopic (exact) mass is 452 g/mol. The summed E-state index contributed by atoms with van der Waals surface area (Å²) in [5, 5.41) is 9.70. The Bertz CT molecular complexity index is 1210. The van der Waals surface area contributed by atoms with Gasteiger partial charge in [0.1, 0.15) is 16.6 Å². The predicted molar refractivity (Wildman–Crippen MR) is 105 cm³/mol. The summed E-state index contributed by atoms with van der Waals surface area (Å²) in [4.78, 5) is 23.4. The summed E-state index contributed by atoms with van der Waals surface area (Å²) in [6.07, 6.45) is 0. The molecule has 0 radical (unpaired) electrons. The average Bonchev–Trinajstić information content (AvgIpc) is 3.18. The molecule has 2 N–H and O–H groups in total. The van der Waals surface area contributed by atoms with Crippen molar-refractivity contribution in [1.29, 1.82) is 0 Å². The number of sulfonamides is 1. The van der Waals surface area contributed by atoms with Gasteiger partial charge in [-0.25, -0.2) is 21.9 Å². The van der Waals surface area contributed by atoms with Gasteiger partial charge in [0.2, 0.25) is 15.0 Å². The van der Waals surface area contributed by atoms with Crippen molar-refractivity contribution in [2.45, 2.75) is 18.4 Å². The van der Waals surface area contributed by atoms with E-state index in [0.29, 0.717) is 11.6 Å². The number of carbonyl (C=O) groups is 2. The van der Waals surface area contributed by atoms with Crippen molar-refractivity contribution in [2.75, 3.05) is 5.32 Å². The van der Waals surface area contributed by atoms with E-state index in [0.717, 1.165) is 23.5 Å². The lowest BCUT2D eigenvalue weighted by Crippen LogP contribution is -2.23. The predicted octanol–water partition coefficient (Wildman–Crippen LogP) is 2.75. The van der Waals surface area contributed by atoms with Gasteiger partial charge < -0.3 is 5.32 Å². The van der Waals surface area contributed by atoms with E-state index in [9.17, 15) is 26.8 Å². The molecule has 3 rings (SSSR count). The van der Waals surface area contributed by atoms with Crippen LogP contribution in [0.2, 0.25) is 0 Å². The topological polar surface area (TPSA) is 118 Å². The van der Waals surface area contributed by atoms with E-state index in [-0.39, 0.29) is 32.9 Å². The molecule has 1 heterocycles. The van der Waals surface area contributed by atoms with Gasteiger partial charge in [0.15, 0.2) is 5.78 Å². The maximum atomic E-state index is 13.6. The number of anilines is 1. The highest BCUT2D eigenvalue weighted by Gasteiger charge is 2.18. The summed E-state index contributed by atoms with van der Waals surface area (Å²) < 4.78 is 53.6. The van der Waals surface area contributed by atoms with Gasteiger partial charge >= 0.3 is 0 Å². The van der Waals surface area contributed by atoms with Gasteiger partial charge in [-0.15, -0.1) is 10.2 Å². The second kappa shape index (κ2) is 8.73. The largest absolute Gasteiger partial charge is 0.317 e. The Morgan fingerprint density at radius 1 is 1.07 bits per heavy atom. The zero-order valence-corrected chi connectivity index (χ0v) is 17.0. The molecule has 1 aromatic heterocycles. The Morgan fingerprint density at radius 2 is 1.77 bits per heavy atom. The molecule has 0 saturated heterocycles. The van der Waals surface area contributed by atoms with E-state index in [1.54, 1.807) is 0 Å². The van der Waals surface area contributed by atoms with Crippen molar-refractivity contribution in [3.05, 3.63) is 69.7 Å². The van der Waals surface area contributed by atoms with Gasteiger partial charge in [-0.2, -0.15) is 0 Å². The smallest absolute Gasteiger partial charge is 0.286 e. The molecule has 30 heavy (non-hydrogen) atoms. The Labute approximate surface area is 174 Å². The maximum Gasteiger partial charge on any atom is 0.286 e. The summed E-state index contributed by atoms with van der Waals surface area (Å²) in [7, 11) is -3.88. The third-order valence-corrected chi connectivity index (χ3v) is 6.16. The fraction of sp³-hybridized carbons (Fsp3) is 0.111. The van der Waals surface area contributed by atoms with Gasteiger partial charge in [0.25, 0.3) is 5.91 Å². The maximum absolute atomic E-state index is 13.6. The highest BCUT2D eigenvalue weighted by molar-refractivity contribution is 7.89. The summed E-state index contributed by atoms with van der Waals surface area (Å²) >= 11 is 0.809. The Morgan fingerprint density at radius 3 is 2.40 bits per heavy atom. The quantitative estimate of drug-likeness (QED) is 0.532. The van der Waals surface area contributed by atoms with Crippen molar-refractivity contribution >= 4 is 38.7 Å². The molecule has 0 aliphatic carbocycles. The van der Waals surface area contributed by atoms with Crippen LogP contribution in [0.3, 0.4) is 0 Å². The normalized spacial score (nSPS) is 11.3. The standard InChI is InChI=1S/C18H14F2N4O4S2/c1-10(25)11-2-5-13(6-3-11)30(27,28)21-9-16-23-24-18(29-16)17(26)22-15-7-4-12(19)8-14(15)20/h2-8,21H,9H2,1H3,(H,22,26). The molecule has 0 bridgehead atoms. The highest BCUT2D eigenvalue weighted by Crippen LogP contribution is 2.18. The number of rotatable bonds is 7. The third kappa shape index (κ3) is 5.09. The van der Waals surface area contributed by atoms with E-state index < -0.39 is 27.6 Å². The number of hydrogen-bond acceptors (Lipinski definition) is 7. The van der Waals surface area contributed by atoms with Crippen LogP contribution in [0.1, 0.15) is 32.1 Å². The molecule has 0 atom stereocenters. The first kappa shape index (κ1) is 21.6. The molecule has 8 nitrogen and oxygen atoms in total. The van der Waals surface area contributed by atoms with E-state index in [2.05, 4.69) is 20.2 Å². The number of halogens is 2. The second-order valence-corrected chi connectivity index (χ2v) is 8.81. The number of nitrogens with zero attached hydrogens (tertiary/aromatic N) is 2. The van der Waals surface area contributed by atoms with Crippen LogP contribution >= 0.6 is 11.3 Å². The zero-order chi connectivity index (χ0) is 21.9. The van der Waals surface area contributed by atoms with Crippen LogP contribution in [0, 0.1) is 11.6 Å². The van der Waals surface area contributed by atoms with Crippen LogP contribution in [0.15, 0.2) is 47.4 Å². The van der Waals surface area contributed by atoms with Crippen LogP contribution in [-0.4, -0.2) is 30.3 Å². The van der Waals surface area contributed by atoms with Crippen molar-refractivity contribution < 1.29 is 26.8 Å². The third-order valence-electron chi connectivity index (χ3n) is 3.82. The molecule has 0 fully saturated rings. The van der Waals surface area contributed by atoms with Gasteiger partial charge in [-0.3, -0.25) is 9.59 Å². The number of amides is 1. The van der Waals surface area contributed by atoms with Crippen molar-refractivity contribution in [2.24, 2.45) is 0 Å². The fourth-order valence-electron chi connectivity index (χ4n) is 2.29. The highest BCUT2D eigenvalue weighted by atomic mass is 32.2. The van der Waals surface area contributed by atoms with Crippen molar-refractivity contribution in [3.63, 3.8) is 0 Å². The zero-order valence-electron chi connectivity index (χ0n) is 15.3. The molecule has 0 spiro atoms. The molecule has 156 valence electrons. The molecule has 2 aromatic carbocycles. The summed E-state index contributed by atoms with van der Waals surface area (Å²) in [5.74, 6) is -2.69. The van der Waals surface area contributed by atoms with Gasteiger partial charge in [-0.05, 0) is 31.2 Å². The lowest BCUT2D eigenvalue weighted by molar-refractivity contribution is 0.101. The molecule has 0 unspecified atom stereocenters. The number of Topliss-reactive ketones (excluding diaryl/α,β-unsaturated/α-hetero) is 1. The molecule has 12 heteroatoms. The molecule has 1 amide bonds. The first-order valence-electron chi connectivity index (χ1n) is 8.35. The number of hydrogen-bond donors (Lipinski definition) is 2. The van der Waals surface area contributed by atoms with Crippen LogP contribution in [0.4, 0.5) is 14.5 Å². The lowest BCUT2D eigenvalue weighted by atomic mass is 10.2. The van der Waals surface area contributed by atoms with E-state index in [4.69, 9.17) is 0 Å².